The summed E-state index contributed by atoms with van der Waals surface area (Å²) in [5.41, 5.74) is 3.60. The third-order valence-electron chi connectivity index (χ3n) is 6.62. The molecule has 2 heterocycles. The Kier molecular flexibility index (Phi) is 7.14. The SMILES string of the molecule is COc1c(Nc2ncc(Br)c(Nc3ccc4nccnc4c3P(C)(C)=O)n2)cc(C2CC2)c(C(C)(C)C)c1F. The molecule has 2 aromatic heterocycles. The van der Waals surface area contributed by atoms with Gasteiger partial charge in [0.25, 0.3) is 0 Å². The molecule has 2 N–H and O–H groups in total. The van der Waals surface area contributed by atoms with E-state index in [1.54, 1.807) is 31.9 Å². The van der Waals surface area contributed by atoms with Gasteiger partial charge < -0.3 is 19.9 Å². The first-order valence-corrected chi connectivity index (χ1v) is 16.0. The Bertz CT molecular complexity index is 1630. The van der Waals surface area contributed by atoms with Crippen LogP contribution in [0.2, 0.25) is 0 Å². The second-order valence-corrected chi connectivity index (χ2v) is 15.1. The summed E-state index contributed by atoms with van der Waals surface area (Å²) < 4.78 is 35.3. The molecule has 1 fully saturated rings. The monoisotopic (exact) mass is 612 g/mol. The normalized spacial score (nSPS) is 13.9. The molecule has 204 valence electrons. The van der Waals surface area contributed by atoms with Gasteiger partial charge in [0, 0.05) is 24.2 Å². The minimum absolute atomic E-state index is 0.124. The molecule has 0 unspecified atom stereocenters. The number of fused-ring (bicyclic) bond motifs is 1. The van der Waals surface area contributed by atoms with Gasteiger partial charge in [0.15, 0.2) is 11.6 Å². The summed E-state index contributed by atoms with van der Waals surface area (Å²) in [5.74, 6) is 0.784. The fraction of sp³-hybridized carbons (Fsp3) is 0.357. The smallest absolute Gasteiger partial charge is 0.229 e. The summed E-state index contributed by atoms with van der Waals surface area (Å²) in [6, 6.07) is 5.60. The Hall–Kier alpha value is -3.10. The maximum Gasteiger partial charge on any atom is 0.229 e. The molecule has 39 heavy (non-hydrogen) atoms. The number of methoxy groups -OCH3 is 1. The van der Waals surface area contributed by atoms with Gasteiger partial charge in [-0.1, -0.05) is 20.8 Å². The Morgan fingerprint density at radius 1 is 1.08 bits per heavy atom. The summed E-state index contributed by atoms with van der Waals surface area (Å²) >= 11 is 3.51. The van der Waals surface area contributed by atoms with E-state index in [4.69, 9.17) is 4.74 Å². The summed E-state index contributed by atoms with van der Waals surface area (Å²) in [7, 11) is -1.30. The molecule has 0 aliphatic heterocycles. The lowest BCUT2D eigenvalue weighted by Gasteiger charge is -2.26. The maximum atomic E-state index is 15.8. The van der Waals surface area contributed by atoms with Crippen molar-refractivity contribution in [1.29, 1.82) is 0 Å². The Balaban J connectivity index is 1.55. The van der Waals surface area contributed by atoms with Gasteiger partial charge in [0.05, 0.1) is 33.8 Å². The van der Waals surface area contributed by atoms with E-state index in [2.05, 4.69) is 46.5 Å². The molecule has 2 aromatic carbocycles. The van der Waals surface area contributed by atoms with E-state index in [1.165, 1.54) is 7.11 Å². The maximum absolute atomic E-state index is 15.8. The van der Waals surface area contributed by atoms with E-state index >= 15 is 4.39 Å². The molecule has 1 aliphatic rings. The van der Waals surface area contributed by atoms with Crippen molar-refractivity contribution in [2.75, 3.05) is 31.1 Å². The molecule has 8 nitrogen and oxygen atoms in total. The minimum Gasteiger partial charge on any atom is -0.492 e. The number of nitrogens with zero attached hydrogens (tertiary/aromatic N) is 4. The third-order valence-corrected chi connectivity index (χ3v) is 8.73. The largest absolute Gasteiger partial charge is 0.492 e. The van der Waals surface area contributed by atoms with Gasteiger partial charge >= 0.3 is 0 Å². The predicted molar refractivity (Wildman–Crippen MR) is 159 cm³/mol. The minimum atomic E-state index is -2.76. The standard InChI is InChI=1S/C28H31BrFN6O2P/c1-28(2,3)21-16(15-7-8-15)13-20(24(38-4)22(21)30)35-27-33-14-17(29)26(36-27)34-19-10-9-18-23(32-12-11-31-18)25(19)39(5,6)37/h9-15H,7-8H2,1-6H3,(H2,33,34,35,36). The Labute approximate surface area is 235 Å². The van der Waals surface area contributed by atoms with Crippen LogP contribution in [-0.2, 0) is 9.98 Å². The van der Waals surface area contributed by atoms with Crippen LogP contribution in [0.15, 0.2) is 41.3 Å². The zero-order valence-corrected chi connectivity index (χ0v) is 25.2. The summed E-state index contributed by atoms with van der Waals surface area (Å²) in [6.07, 6.45) is 6.86. The van der Waals surface area contributed by atoms with E-state index in [0.29, 0.717) is 49.5 Å². The predicted octanol–water partition coefficient (Wildman–Crippen LogP) is 7.24. The van der Waals surface area contributed by atoms with Crippen molar-refractivity contribution in [2.24, 2.45) is 0 Å². The number of ether oxygens (including phenoxy) is 1. The molecule has 1 saturated carbocycles. The Morgan fingerprint density at radius 3 is 2.44 bits per heavy atom. The number of nitrogens with one attached hydrogen (secondary N) is 2. The highest BCUT2D eigenvalue weighted by atomic mass is 79.9. The fourth-order valence-electron chi connectivity index (χ4n) is 4.85. The van der Waals surface area contributed by atoms with Crippen molar-refractivity contribution in [2.45, 2.75) is 44.9 Å². The van der Waals surface area contributed by atoms with E-state index in [1.807, 2.05) is 39.0 Å². The first-order valence-electron chi connectivity index (χ1n) is 12.6. The van der Waals surface area contributed by atoms with Crippen LogP contribution in [-0.4, -0.2) is 40.4 Å². The lowest BCUT2D eigenvalue weighted by atomic mass is 9.81. The van der Waals surface area contributed by atoms with Crippen molar-refractivity contribution in [3.63, 3.8) is 0 Å². The Morgan fingerprint density at radius 2 is 1.79 bits per heavy atom. The van der Waals surface area contributed by atoms with Gasteiger partial charge in [0.1, 0.15) is 18.5 Å². The van der Waals surface area contributed by atoms with E-state index < -0.39 is 7.14 Å². The van der Waals surface area contributed by atoms with Crippen molar-refractivity contribution in [3.8, 4) is 5.75 Å². The molecule has 0 amide bonds. The molecule has 0 saturated heterocycles. The molecule has 0 radical (unpaired) electrons. The van der Waals surface area contributed by atoms with Gasteiger partial charge in [-0.3, -0.25) is 9.97 Å². The van der Waals surface area contributed by atoms with Crippen LogP contribution >= 0.6 is 23.1 Å². The molecule has 4 aromatic rings. The van der Waals surface area contributed by atoms with Gasteiger partial charge in [-0.15, -0.1) is 0 Å². The molecule has 1 aliphatic carbocycles. The molecular formula is C28H31BrFN6O2P. The summed E-state index contributed by atoms with van der Waals surface area (Å²) in [5, 5.41) is 7.05. The lowest BCUT2D eigenvalue weighted by Crippen LogP contribution is -2.18. The molecule has 0 bridgehead atoms. The number of aromatic nitrogens is 4. The number of halogens is 2. The number of hydrogen-bond acceptors (Lipinski definition) is 8. The average Bonchev–Trinajstić information content (AvgIpc) is 3.70. The van der Waals surface area contributed by atoms with Crippen molar-refractivity contribution in [1.82, 2.24) is 19.9 Å². The quantitative estimate of drug-likeness (QED) is 0.211. The number of benzene rings is 2. The van der Waals surface area contributed by atoms with Crippen molar-refractivity contribution < 1.29 is 13.7 Å². The van der Waals surface area contributed by atoms with Crippen LogP contribution in [0.25, 0.3) is 11.0 Å². The van der Waals surface area contributed by atoms with Gasteiger partial charge in [-0.25, -0.2) is 9.37 Å². The van der Waals surface area contributed by atoms with Gasteiger partial charge in [-0.05, 0) is 77.2 Å². The van der Waals surface area contributed by atoms with E-state index in [-0.39, 0.29) is 22.9 Å². The second kappa shape index (κ2) is 10.1. The van der Waals surface area contributed by atoms with Crippen LogP contribution in [0, 0.1) is 5.82 Å². The van der Waals surface area contributed by atoms with Crippen LogP contribution in [0.3, 0.4) is 0 Å². The highest BCUT2D eigenvalue weighted by molar-refractivity contribution is 9.10. The van der Waals surface area contributed by atoms with E-state index in [0.717, 1.165) is 18.4 Å². The topological polar surface area (TPSA) is 102 Å². The van der Waals surface area contributed by atoms with Gasteiger partial charge in [-0.2, -0.15) is 4.98 Å². The van der Waals surface area contributed by atoms with Crippen molar-refractivity contribution in [3.05, 3.63) is 58.2 Å². The molecular weight excluding hydrogens is 582 g/mol. The number of anilines is 4. The zero-order valence-electron chi connectivity index (χ0n) is 22.8. The average molecular weight is 613 g/mol. The zero-order chi connectivity index (χ0) is 28.1. The van der Waals surface area contributed by atoms with Crippen LogP contribution in [0.5, 0.6) is 5.75 Å². The summed E-state index contributed by atoms with van der Waals surface area (Å²) in [4.78, 5) is 17.8. The van der Waals surface area contributed by atoms with Gasteiger partial charge in [0.2, 0.25) is 5.95 Å². The van der Waals surface area contributed by atoms with Crippen molar-refractivity contribution >= 4 is 62.6 Å². The third kappa shape index (κ3) is 5.50. The van der Waals surface area contributed by atoms with Crippen LogP contribution < -0.4 is 20.7 Å². The lowest BCUT2D eigenvalue weighted by molar-refractivity contribution is 0.379. The fourth-order valence-corrected chi connectivity index (χ4v) is 6.54. The highest BCUT2D eigenvalue weighted by Gasteiger charge is 2.35. The first kappa shape index (κ1) is 27.5. The molecule has 0 atom stereocenters. The molecule has 11 heteroatoms. The number of rotatable bonds is 7. The number of hydrogen-bond donors (Lipinski definition) is 2. The molecule has 0 spiro atoms. The summed E-state index contributed by atoms with van der Waals surface area (Å²) in [6.45, 7) is 9.43. The molecule has 5 rings (SSSR count). The first-order chi connectivity index (χ1) is 18.4. The second-order valence-electron chi connectivity index (χ2n) is 11.1. The van der Waals surface area contributed by atoms with Crippen LogP contribution in [0.1, 0.15) is 50.7 Å². The highest BCUT2D eigenvalue weighted by Crippen LogP contribution is 2.49. The van der Waals surface area contributed by atoms with E-state index in [9.17, 15) is 4.57 Å². The van der Waals surface area contributed by atoms with Crippen LogP contribution in [0.4, 0.5) is 27.5 Å².